The van der Waals surface area contributed by atoms with E-state index in [1.54, 1.807) is 0 Å². The van der Waals surface area contributed by atoms with Gasteiger partial charge < -0.3 is 5.32 Å². The highest BCUT2D eigenvalue weighted by atomic mass is 16.6. The largest absolute Gasteiger partial charge is 0.364 e. The SMILES string of the molecule is CCC1(CNc2ncc(C#N)cc2[N+](=O)[O-])CCCC1. The minimum atomic E-state index is -0.497. The summed E-state index contributed by atoms with van der Waals surface area (Å²) in [5.41, 5.74) is 0.297. The Kier molecular flexibility index (Phi) is 4.18. The van der Waals surface area contributed by atoms with Crippen LogP contribution in [-0.4, -0.2) is 16.5 Å². The molecule has 1 aliphatic rings. The molecule has 6 heteroatoms. The Morgan fingerprint density at radius 1 is 1.55 bits per heavy atom. The molecule has 0 amide bonds. The monoisotopic (exact) mass is 274 g/mol. The Labute approximate surface area is 118 Å². The van der Waals surface area contributed by atoms with Crippen LogP contribution in [0.5, 0.6) is 0 Å². The molecule has 1 N–H and O–H groups in total. The molecule has 20 heavy (non-hydrogen) atoms. The number of nitrogens with one attached hydrogen (secondary N) is 1. The van der Waals surface area contributed by atoms with Gasteiger partial charge in [0.1, 0.15) is 6.07 Å². The Bertz CT molecular complexity index is 545. The molecule has 1 aliphatic carbocycles. The van der Waals surface area contributed by atoms with Crippen molar-refractivity contribution >= 4 is 11.5 Å². The molecule has 6 nitrogen and oxygen atoms in total. The first kappa shape index (κ1) is 14.3. The first-order valence-corrected chi connectivity index (χ1v) is 6.89. The second-order valence-electron chi connectivity index (χ2n) is 5.37. The molecule has 0 aromatic carbocycles. The molecule has 0 radical (unpaired) electrons. The van der Waals surface area contributed by atoms with E-state index in [-0.39, 0.29) is 22.5 Å². The van der Waals surface area contributed by atoms with Crippen molar-refractivity contribution in [3.05, 3.63) is 27.9 Å². The lowest BCUT2D eigenvalue weighted by Crippen LogP contribution is -2.26. The highest BCUT2D eigenvalue weighted by Crippen LogP contribution is 2.41. The van der Waals surface area contributed by atoms with E-state index in [9.17, 15) is 10.1 Å². The van der Waals surface area contributed by atoms with Crippen LogP contribution in [0.2, 0.25) is 0 Å². The van der Waals surface area contributed by atoms with Gasteiger partial charge in [-0.25, -0.2) is 4.98 Å². The minimum absolute atomic E-state index is 0.131. The fraction of sp³-hybridized carbons (Fsp3) is 0.571. The summed E-state index contributed by atoms with van der Waals surface area (Å²) in [6.45, 7) is 2.86. The van der Waals surface area contributed by atoms with E-state index in [4.69, 9.17) is 5.26 Å². The van der Waals surface area contributed by atoms with Gasteiger partial charge in [0.05, 0.1) is 10.5 Å². The van der Waals surface area contributed by atoms with E-state index in [1.165, 1.54) is 25.1 Å². The average Bonchev–Trinajstić information content (AvgIpc) is 2.94. The summed E-state index contributed by atoms with van der Waals surface area (Å²) in [5.74, 6) is 0.258. The first-order chi connectivity index (χ1) is 9.60. The van der Waals surface area contributed by atoms with E-state index in [0.717, 1.165) is 19.3 Å². The maximum atomic E-state index is 11.1. The molecule has 1 fully saturated rings. The highest BCUT2D eigenvalue weighted by molar-refractivity contribution is 5.58. The van der Waals surface area contributed by atoms with Crippen LogP contribution >= 0.6 is 0 Å². The lowest BCUT2D eigenvalue weighted by atomic mass is 9.83. The molecule has 1 saturated carbocycles. The smallest absolute Gasteiger partial charge is 0.312 e. The molecule has 0 atom stereocenters. The number of nitrogens with zero attached hydrogens (tertiary/aromatic N) is 3. The second-order valence-corrected chi connectivity index (χ2v) is 5.37. The fourth-order valence-corrected chi connectivity index (χ4v) is 2.84. The number of hydrogen-bond donors (Lipinski definition) is 1. The van der Waals surface area contributed by atoms with Gasteiger partial charge in [-0.1, -0.05) is 19.8 Å². The van der Waals surface area contributed by atoms with Gasteiger partial charge in [-0.3, -0.25) is 10.1 Å². The number of nitriles is 1. The van der Waals surface area contributed by atoms with E-state index in [1.807, 2.05) is 6.07 Å². The van der Waals surface area contributed by atoms with Crippen molar-refractivity contribution in [2.75, 3.05) is 11.9 Å². The molecule has 0 unspecified atom stereocenters. The molecular formula is C14H18N4O2. The maximum Gasteiger partial charge on any atom is 0.312 e. The number of hydrogen-bond acceptors (Lipinski definition) is 5. The second kappa shape index (κ2) is 5.87. The molecule has 0 bridgehead atoms. The van der Waals surface area contributed by atoms with Crippen molar-refractivity contribution < 1.29 is 4.92 Å². The average molecular weight is 274 g/mol. The fourth-order valence-electron chi connectivity index (χ4n) is 2.84. The molecule has 0 spiro atoms. The van der Waals surface area contributed by atoms with Crippen molar-refractivity contribution in [2.24, 2.45) is 5.41 Å². The van der Waals surface area contributed by atoms with Crippen molar-refractivity contribution in [1.82, 2.24) is 4.98 Å². The minimum Gasteiger partial charge on any atom is -0.364 e. The molecule has 106 valence electrons. The molecular weight excluding hydrogens is 256 g/mol. The van der Waals surface area contributed by atoms with Gasteiger partial charge in [-0.05, 0) is 24.7 Å². The van der Waals surface area contributed by atoms with E-state index in [2.05, 4.69) is 17.2 Å². The maximum absolute atomic E-state index is 11.1. The molecule has 2 rings (SSSR count). The number of pyridine rings is 1. The van der Waals surface area contributed by atoms with Gasteiger partial charge in [0.2, 0.25) is 5.82 Å². The van der Waals surface area contributed by atoms with Crippen LogP contribution in [0.4, 0.5) is 11.5 Å². The Morgan fingerprint density at radius 3 is 2.80 bits per heavy atom. The summed E-state index contributed by atoms with van der Waals surface area (Å²) < 4.78 is 0. The number of aromatic nitrogens is 1. The molecule has 0 aliphatic heterocycles. The quantitative estimate of drug-likeness (QED) is 0.657. The van der Waals surface area contributed by atoms with Crippen LogP contribution < -0.4 is 5.32 Å². The zero-order valence-electron chi connectivity index (χ0n) is 11.6. The number of nitro groups is 1. The molecule has 1 heterocycles. The summed E-state index contributed by atoms with van der Waals surface area (Å²) in [6.07, 6.45) is 7.17. The van der Waals surface area contributed by atoms with E-state index >= 15 is 0 Å². The predicted molar refractivity (Wildman–Crippen MR) is 75.3 cm³/mol. The van der Waals surface area contributed by atoms with Crippen LogP contribution in [0.15, 0.2) is 12.3 Å². The highest BCUT2D eigenvalue weighted by Gasteiger charge is 2.32. The van der Waals surface area contributed by atoms with Gasteiger partial charge in [0.25, 0.3) is 0 Å². The van der Waals surface area contributed by atoms with Crippen LogP contribution in [0.1, 0.15) is 44.6 Å². The van der Waals surface area contributed by atoms with Crippen molar-refractivity contribution in [3.8, 4) is 6.07 Å². The summed E-state index contributed by atoms with van der Waals surface area (Å²) in [4.78, 5) is 14.6. The van der Waals surface area contributed by atoms with Crippen molar-refractivity contribution in [3.63, 3.8) is 0 Å². The van der Waals surface area contributed by atoms with E-state index in [0.29, 0.717) is 6.54 Å². The van der Waals surface area contributed by atoms with Crippen molar-refractivity contribution in [2.45, 2.75) is 39.0 Å². The molecule has 0 saturated heterocycles. The third kappa shape index (κ3) is 2.87. The van der Waals surface area contributed by atoms with Gasteiger partial charge in [-0.2, -0.15) is 5.26 Å². The third-order valence-corrected chi connectivity index (χ3v) is 4.24. The first-order valence-electron chi connectivity index (χ1n) is 6.89. The van der Waals surface area contributed by atoms with Gasteiger partial charge in [0, 0.05) is 18.8 Å². The zero-order valence-corrected chi connectivity index (χ0v) is 11.6. The Hall–Kier alpha value is -2.16. The lowest BCUT2D eigenvalue weighted by Gasteiger charge is -2.27. The van der Waals surface area contributed by atoms with Gasteiger partial charge in [-0.15, -0.1) is 0 Å². The van der Waals surface area contributed by atoms with Gasteiger partial charge >= 0.3 is 5.69 Å². The number of rotatable bonds is 5. The van der Waals surface area contributed by atoms with Crippen LogP contribution in [0.25, 0.3) is 0 Å². The van der Waals surface area contributed by atoms with Crippen LogP contribution in [0, 0.1) is 26.9 Å². The van der Waals surface area contributed by atoms with Crippen molar-refractivity contribution in [1.29, 1.82) is 5.26 Å². The normalized spacial score (nSPS) is 16.6. The van der Waals surface area contributed by atoms with Crippen LogP contribution in [0.3, 0.4) is 0 Å². The summed E-state index contributed by atoms with van der Waals surface area (Å²) in [6, 6.07) is 3.14. The third-order valence-electron chi connectivity index (χ3n) is 4.24. The standard InChI is InChI=1S/C14H18N4O2/c1-2-14(5-3-4-6-14)10-17-13-12(18(19)20)7-11(8-15)9-16-13/h7,9H,2-6,10H2,1H3,(H,16,17). The lowest BCUT2D eigenvalue weighted by molar-refractivity contribution is -0.384. The summed E-state index contributed by atoms with van der Waals surface area (Å²) in [7, 11) is 0. The Morgan fingerprint density at radius 2 is 2.25 bits per heavy atom. The number of anilines is 1. The molecule has 1 aromatic heterocycles. The zero-order chi connectivity index (χ0) is 14.6. The molecule has 1 aromatic rings. The topological polar surface area (TPSA) is 91.8 Å². The van der Waals surface area contributed by atoms with Crippen LogP contribution in [-0.2, 0) is 0 Å². The Balaban J connectivity index is 2.17. The van der Waals surface area contributed by atoms with E-state index < -0.39 is 4.92 Å². The summed E-state index contributed by atoms with van der Waals surface area (Å²) >= 11 is 0. The summed E-state index contributed by atoms with van der Waals surface area (Å²) in [5, 5.41) is 23.0. The van der Waals surface area contributed by atoms with Gasteiger partial charge in [0.15, 0.2) is 0 Å². The predicted octanol–water partition coefficient (Wildman–Crippen LogP) is 3.24.